The molecule has 0 unspecified atom stereocenters. The predicted molar refractivity (Wildman–Crippen MR) is 105 cm³/mol. The number of hydrogen-bond donors (Lipinski definition) is 1. The number of hydrogen-bond acceptors (Lipinski definition) is 3. The summed E-state index contributed by atoms with van der Waals surface area (Å²) in [4.78, 5) is 0. The second-order valence-electron chi connectivity index (χ2n) is 5.76. The number of anilines is 1. The van der Waals surface area contributed by atoms with Gasteiger partial charge in [0.1, 0.15) is 12.4 Å². The molecule has 3 rings (SSSR count). The average molecular weight is 416 g/mol. The maximum atomic E-state index is 12.9. The standard InChI is InChI=1S/C21H19BrFNO2/c1-25-21-12-16(13-24-19-9-7-18(23)8-10-19)4-11-20(21)26-14-15-2-5-17(22)6-3-15/h2-12,24H,13-14H2,1H3. The lowest BCUT2D eigenvalue weighted by Crippen LogP contribution is -2.02. The van der Waals surface area contributed by atoms with Crippen LogP contribution in [0.15, 0.2) is 71.2 Å². The van der Waals surface area contributed by atoms with E-state index in [-0.39, 0.29) is 5.82 Å². The van der Waals surface area contributed by atoms with Gasteiger partial charge >= 0.3 is 0 Å². The second kappa shape index (κ2) is 8.72. The van der Waals surface area contributed by atoms with Gasteiger partial charge in [0.2, 0.25) is 0 Å². The van der Waals surface area contributed by atoms with Crippen molar-refractivity contribution in [3.63, 3.8) is 0 Å². The monoisotopic (exact) mass is 415 g/mol. The van der Waals surface area contributed by atoms with Crippen LogP contribution in [0.3, 0.4) is 0 Å². The molecule has 26 heavy (non-hydrogen) atoms. The quantitative estimate of drug-likeness (QED) is 0.529. The van der Waals surface area contributed by atoms with E-state index in [1.165, 1.54) is 12.1 Å². The van der Waals surface area contributed by atoms with Gasteiger partial charge in [-0.25, -0.2) is 4.39 Å². The molecule has 0 aliphatic carbocycles. The Morgan fingerprint density at radius 3 is 2.27 bits per heavy atom. The number of benzene rings is 3. The summed E-state index contributed by atoms with van der Waals surface area (Å²) in [6.07, 6.45) is 0. The van der Waals surface area contributed by atoms with Gasteiger partial charge in [-0.05, 0) is 59.7 Å². The Morgan fingerprint density at radius 2 is 1.58 bits per heavy atom. The molecule has 0 amide bonds. The molecular formula is C21H19BrFNO2. The summed E-state index contributed by atoms with van der Waals surface area (Å²) in [5.74, 6) is 1.13. The summed E-state index contributed by atoms with van der Waals surface area (Å²) in [7, 11) is 1.62. The first-order valence-electron chi connectivity index (χ1n) is 8.17. The van der Waals surface area contributed by atoms with Crippen LogP contribution in [0.25, 0.3) is 0 Å². The van der Waals surface area contributed by atoms with Crippen LogP contribution in [0, 0.1) is 5.82 Å². The van der Waals surface area contributed by atoms with E-state index in [1.807, 2.05) is 42.5 Å². The first-order chi connectivity index (χ1) is 12.6. The van der Waals surface area contributed by atoms with Gasteiger partial charge in [-0.2, -0.15) is 0 Å². The van der Waals surface area contributed by atoms with Crippen LogP contribution < -0.4 is 14.8 Å². The molecule has 5 heteroatoms. The van der Waals surface area contributed by atoms with Crippen molar-refractivity contribution in [2.45, 2.75) is 13.2 Å². The highest BCUT2D eigenvalue weighted by molar-refractivity contribution is 9.10. The Kier molecular flexibility index (Phi) is 6.12. The van der Waals surface area contributed by atoms with Crippen molar-refractivity contribution in [2.24, 2.45) is 0 Å². The summed E-state index contributed by atoms with van der Waals surface area (Å²) in [6.45, 7) is 1.08. The van der Waals surface area contributed by atoms with Crippen LogP contribution in [-0.2, 0) is 13.2 Å². The molecule has 0 saturated carbocycles. The van der Waals surface area contributed by atoms with Crippen LogP contribution in [0.1, 0.15) is 11.1 Å². The van der Waals surface area contributed by atoms with Crippen LogP contribution in [-0.4, -0.2) is 7.11 Å². The van der Waals surface area contributed by atoms with E-state index in [0.29, 0.717) is 24.7 Å². The minimum absolute atomic E-state index is 0.246. The Hall–Kier alpha value is -2.53. The fraction of sp³-hybridized carbons (Fsp3) is 0.143. The minimum Gasteiger partial charge on any atom is -0.493 e. The molecular weight excluding hydrogens is 397 g/mol. The third-order valence-corrected chi connectivity index (χ3v) is 4.41. The van der Waals surface area contributed by atoms with Gasteiger partial charge in [-0.15, -0.1) is 0 Å². The maximum absolute atomic E-state index is 12.9. The van der Waals surface area contributed by atoms with E-state index in [2.05, 4.69) is 21.2 Å². The largest absolute Gasteiger partial charge is 0.493 e. The molecule has 0 atom stereocenters. The lowest BCUT2D eigenvalue weighted by atomic mass is 10.2. The molecule has 3 aromatic rings. The number of halogens is 2. The molecule has 0 heterocycles. The lowest BCUT2D eigenvalue weighted by Gasteiger charge is -2.13. The van der Waals surface area contributed by atoms with E-state index < -0.39 is 0 Å². The highest BCUT2D eigenvalue weighted by Gasteiger charge is 2.07. The van der Waals surface area contributed by atoms with Gasteiger partial charge < -0.3 is 14.8 Å². The van der Waals surface area contributed by atoms with Gasteiger partial charge in [0, 0.05) is 16.7 Å². The van der Waals surface area contributed by atoms with Crippen LogP contribution >= 0.6 is 15.9 Å². The van der Waals surface area contributed by atoms with Crippen molar-refractivity contribution >= 4 is 21.6 Å². The summed E-state index contributed by atoms with van der Waals surface area (Å²) in [6, 6.07) is 20.1. The lowest BCUT2D eigenvalue weighted by molar-refractivity contribution is 0.284. The number of rotatable bonds is 7. The molecule has 3 aromatic carbocycles. The van der Waals surface area contributed by atoms with Crippen molar-refractivity contribution < 1.29 is 13.9 Å². The molecule has 0 bridgehead atoms. The maximum Gasteiger partial charge on any atom is 0.161 e. The highest BCUT2D eigenvalue weighted by Crippen LogP contribution is 2.29. The smallest absolute Gasteiger partial charge is 0.161 e. The Balaban J connectivity index is 1.63. The molecule has 0 aliphatic rings. The number of methoxy groups -OCH3 is 1. The predicted octanol–water partition coefficient (Wildman–Crippen LogP) is 5.79. The zero-order valence-corrected chi connectivity index (χ0v) is 15.9. The molecule has 0 radical (unpaired) electrons. The summed E-state index contributed by atoms with van der Waals surface area (Å²) in [5, 5.41) is 3.25. The Labute approximate surface area is 160 Å². The van der Waals surface area contributed by atoms with E-state index >= 15 is 0 Å². The molecule has 0 aliphatic heterocycles. The highest BCUT2D eigenvalue weighted by atomic mass is 79.9. The van der Waals surface area contributed by atoms with Crippen molar-refractivity contribution in [3.8, 4) is 11.5 Å². The van der Waals surface area contributed by atoms with Gasteiger partial charge in [0.15, 0.2) is 11.5 Å². The molecule has 0 aromatic heterocycles. The van der Waals surface area contributed by atoms with E-state index in [1.54, 1.807) is 19.2 Å². The summed E-state index contributed by atoms with van der Waals surface area (Å²) >= 11 is 3.42. The van der Waals surface area contributed by atoms with Gasteiger partial charge in [-0.3, -0.25) is 0 Å². The molecule has 1 N–H and O–H groups in total. The zero-order valence-electron chi connectivity index (χ0n) is 14.3. The topological polar surface area (TPSA) is 30.5 Å². The average Bonchev–Trinajstić information content (AvgIpc) is 2.67. The van der Waals surface area contributed by atoms with Crippen molar-refractivity contribution in [1.29, 1.82) is 0 Å². The van der Waals surface area contributed by atoms with E-state index in [4.69, 9.17) is 9.47 Å². The first kappa shape index (κ1) is 18.3. The molecule has 3 nitrogen and oxygen atoms in total. The van der Waals surface area contributed by atoms with Crippen LogP contribution in [0.4, 0.5) is 10.1 Å². The summed E-state index contributed by atoms with van der Waals surface area (Å²) < 4.78 is 25.3. The first-order valence-corrected chi connectivity index (χ1v) is 8.97. The van der Waals surface area contributed by atoms with Gasteiger partial charge in [0.05, 0.1) is 7.11 Å². The molecule has 0 fully saturated rings. The molecule has 0 saturated heterocycles. The summed E-state index contributed by atoms with van der Waals surface area (Å²) in [5.41, 5.74) is 2.99. The second-order valence-corrected chi connectivity index (χ2v) is 6.68. The Bertz CT molecular complexity index is 851. The zero-order chi connectivity index (χ0) is 18.4. The SMILES string of the molecule is COc1cc(CNc2ccc(F)cc2)ccc1OCc1ccc(Br)cc1. The fourth-order valence-corrected chi connectivity index (χ4v) is 2.72. The number of ether oxygens (including phenoxy) is 2. The van der Waals surface area contributed by atoms with Crippen molar-refractivity contribution in [1.82, 2.24) is 0 Å². The Morgan fingerprint density at radius 1 is 0.885 bits per heavy atom. The van der Waals surface area contributed by atoms with Gasteiger partial charge in [0.25, 0.3) is 0 Å². The van der Waals surface area contributed by atoms with Gasteiger partial charge in [-0.1, -0.05) is 34.1 Å². The number of nitrogens with one attached hydrogen (secondary N) is 1. The van der Waals surface area contributed by atoms with Crippen LogP contribution in [0.2, 0.25) is 0 Å². The third kappa shape index (κ3) is 4.99. The third-order valence-electron chi connectivity index (χ3n) is 3.88. The van der Waals surface area contributed by atoms with Crippen LogP contribution in [0.5, 0.6) is 11.5 Å². The van der Waals surface area contributed by atoms with E-state index in [9.17, 15) is 4.39 Å². The minimum atomic E-state index is -0.246. The van der Waals surface area contributed by atoms with E-state index in [0.717, 1.165) is 21.3 Å². The molecule has 0 spiro atoms. The molecule has 134 valence electrons. The fourth-order valence-electron chi connectivity index (χ4n) is 2.45. The van der Waals surface area contributed by atoms with Crippen molar-refractivity contribution in [3.05, 3.63) is 88.1 Å². The normalized spacial score (nSPS) is 10.4. The van der Waals surface area contributed by atoms with Crippen molar-refractivity contribution in [2.75, 3.05) is 12.4 Å².